The molecule has 1 amide bonds. The van der Waals surface area contributed by atoms with E-state index in [-0.39, 0.29) is 5.69 Å². The van der Waals surface area contributed by atoms with Crippen LogP contribution < -0.4 is 10.6 Å². The Morgan fingerprint density at radius 3 is 2.86 bits per heavy atom. The molecule has 4 heteroatoms. The molecule has 0 aliphatic carbocycles. The van der Waals surface area contributed by atoms with Crippen LogP contribution in [-0.4, -0.2) is 24.0 Å². The fraction of sp³-hybridized carbons (Fsp3) is 0.400. The molecule has 0 spiro atoms. The van der Waals surface area contributed by atoms with Crippen LogP contribution in [0, 0.1) is 6.07 Å². The van der Waals surface area contributed by atoms with E-state index in [2.05, 4.69) is 16.0 Å². The molecule has 2 rings (SSSR count). The first-order valence-corrected chi connectivity index (χ1v) is 4.71. The van der Waals surface area contributed by atoms with Crippen LogP contribution in [0.25, 0.3) is 0 Å². The predicted molar refractivity (Wildman–Crippen MR) is 53.0 cm³/mol. The summed E-state index contributed by atoms with van der Waals surface area (Å²) in [6.07, 6.45) is 2.37. The highest BCUT2D eigenvalue weighted by molar-refractivity contribution is 5.90. The quantitative estimate of drug-likeness (QED) is 0.742. The number of primary amides is 1. The van der Waals surface area contributed by atoms with Gasteiger partial charge in [-0.3, -0.25) is 4.79 Å². The van der Waals surface area contributed by atoms with Crippen molar-refractivity contribution in [2.24, 2.45) is 5.73 Å². The Bertz CT molecular complexity index is 345. The van der Waals surface area contributed by atoms with Gasteiger partial charge in [-0.2, -0.15) is 0 Å². The number of nitrogens with zero attached hydrogens (tertiary/aromatic N) is 2. The summed E-state index contributed by atoms with van der Waals surface area (Å²) >= 11 is 0. The number of pyridine rings is 1. The lowest BCUT2D eigenvalue weighted by atomic mass is 10.3. The van der Waals surface area contributed by atoms with Gasteiger partial charge in [0.2, 0.25) is 0 Å². The largest absolute Gasteiger partial charge is 0.364 e. The highest BCUT2D eigenvalue weighted by Crippen LogP contribution is 2.17. The van der Waals surface area contributed by atoms with Crippen LogP contribution in [0.5, 0.6) is 0 Å². The zero-order valence-corrected chi connectivity index (χ0v) is 7.86. The van der Waals surface area contributed by atoms with Gasteiger partial charge in [0.25, 0.3) is 5.91 Å². The fourth-order valence-corrected chi connectivity index (χ4v) is 1.63. The Labute approximate surface area is 82.7 Å². The summed E-state index contributed by atoms with van der Waals surface area (Å²) in [6.45, 7) is 2.02. The third-order valence-electron chi connectivity index (χ3n) is 2.34. The minimum absolute atomic E-state index is 0.217. The van der Waals surface area contributed by atoms with Crippen molar-refractivity contribution in [3.8, 4) is 0 Å². The molecule has 4 nitrogen and oxygen atoms in total. The lowest BCUT2D eigenvalue weighted by molar-refractivity contribution is 0.0995. The highest BCUT2D eigenvalue weighted by atomic mass is 16.1. The van der Waals surface area contributed by atoms with Crippen LogP contribution in [0.3, 0.4) is 0 Å². The van der Waals surface area contributed by atoms with Crippen molar-refractivity contribution in [3.63, 3.8) is 0 Å². The van der Waals surface area contributed by atoms with Crippen LogP contribution in [0.4, 0.5) is 5.82 Å². The third kappa shape index (κ3) is 1.69. The Kier molecular flexibility index (Phi) is 2.35. The first-order valence-electron chi connectivity index (χ1n) is 4.71. The molecule has 1 radical (unpaired) electrons. The minimum Gasteiger partial charge on any atom is -0.364 e. The molecule has 2 heterocycles. The number of carbonyl (C=O) groups excluding carboxylic acids is 1. The van der Waals surface area contributed by atoms with Gasteiger partial charge in [-0.15, -0.1) is 0 Å². The maximum atomic E-state index is 10.9. The number of amides is 1. The average Bonchev–Trinajstić information content (AvgIpc) is 2.71. The molecular formula is C10H12N3O. The van der Waals surface area contributed by atoms with Gasteiger partial charge in [0.1, 0.15) is 11.5 Å². The number of rotatable bonds is 2. The molecule has 1 saturated heterocycles. The van der Waals surface area contributed by atoms with Crippen molar-refractivity contribution in [1.29, 1.82) is 0 Å². The first kappa shape index (κ1) is 8.99. The van der Waals surface area contributed by atoms with Crippen LogP contribution >= 0.6 is 0 Å². The van der Waals surface area contributed by atoms with E-state index in [0.29, 0.717) is 0 Å². The molecule has 1 aromatic rings. The summed E-state index contributed by atoms with van der Waals surface area (Å²) in [5, 5.41) is 0. The van der Waals surface area contributed by atoms with Crippen molar-refractivity contribution < 1.29 is 4.79 Å². The molecule has 0 atom stereocenters. The standard InChI is InChI=1S/C10H12N3O/c11-10(14)8-4-3-5-9(12-8)13-6-1-2-7-13/h3,5H,1-2,6-7H2,(H2,11,14). The van der Waals surface area contributed by atoms with Crippen molar-refractivity contribution >= 4 is 11.7 Å². The van der Waals surface area contributed by atoms with Crippen LogP contribution in [0.15, 0.2) is 12.1 Å². The van der Waals surface area contributed by atoms with Crippen molar-refractivity contribution in [3.05, 3.63) is 23.9 Å². The smallest absolute Gasteiger partial charge is 0.268 e. The topological polar surface area (TPSA) is 59.2 Å². The summed E-state index contributed by atoms with van der Waals surface area (Å²) in [7, 11) is 0. The maximum absolute atomic E-state index is 10.9. The van der Waals surface area contributed by atoms with E-state index in [0.717, 1.165) is 18.9 Å². The molecule has 1 aliphatic heterocycles. The van der Waals surface area contributed by atoms with Crippen molar-refractivity contribution in [1.82, 2.24) is 4.98 Å². The van der Waals surface area contributed by atoms with Gasteiger partial charge in [-0.1, -0.05) is 0 Å². The summed E-state index contributed by atoms with van der Waals surface area (Å²) in [4.78, 5) is 17.2. The van der Waals surface area contributed by atoms with E-state index < -0.39 is 5.91 Å². The highest BCUT2D eigenvalue weighted by Gasteiger charge is 2.14. The summed E-state index contributed by atoms with van der Waals surface area (Å²) in [5.41, 5.74) is 5.35. The fourth-order valence-electron chi connectivity index (χ4n) is 1.63. The second-order valence-electron chi connectivity index (χ2n) is 3.35. The van der Waals surface area contributed by atoms with Gasteiger partial charge in [0.15, 0.2) is 0 Å². The SMILES string of the molecule is NC(=O)c1[c]ccc(N2CCCC2)n1. The average molecular weight is 190 g/mol. The molecule has 1 fully saturated rings. The zero-order chi connectivity index (χ0) is 9.97. The van der Waals surface area contributed by atoms with Gasteiger partial charge in [-0.05, 0) is 25.0 Å². The number of anilines is 1. The van der Waals surface area contributed by atoms with Crippen LogP contribution in [0.1, 0.15) is 23.3 Å². The number of nitrogens with two attached hydrogens (primary N) is 1. The van der Waals surface area contributed by atoms with Crippen molar-refractivity contribution in [2.75, 3.05) is 18.0 Å². The molecule has 0 bridgehead atoms. The normalized spacial score (nSPS) is 15.9. The van der Waals surface area contributed by atoms with Gasteiger partial charge in [0, 0.05) is 19.2 Å². The molecule has 0 saturated carbocycles. The number of aromatic nitrogens is 1. The Balaban J connectivity index is 2.25. The monoisotopic (exact) mass is 190 g/mol. The minimum atomic E-state index is -0.522. The lowest BCUT2D eigenvalue weighted by Gasteiger charge is -2.15. The van der Waals surface area contributed by atoms with Crippen molar-refractivity contribution in [2.45, 2.75) is 12.8 Å². The van der Waals surface area contributed by atoms with Gasteiger partial charge in [-0.25, -0.2) is 4.98 Å². The number of hydrogen-bond donors (Lipinski definition) is 1. The van der Waals surface area contributed by atoms with Gasteiger partial charge >= 0.3 is 0 Å². The lowest BCUT2D eigenvalue weighted by Crippen LogP contribution is -2.21. The second-order valence-corrected chi connectivity index (χ2v) is 3.35. The van der Waals surface area contributed by atoms with E-state index in [1.165, 1.54) is 12.8 Å². The van der Waals surface area contributed by atoms with Gasteiger partial charge in [0.05, 0.1) is 0 Å². The summed E-state index contributed by atoms with van der Waals surface area (Å²) in [5.74, 6) is 0.307. The molecular weight excluding hydrogens is 178 g/mol. The number of hydrogen-bond acceptors (Lipinski definition) is 3. The Morgan fingerprint density at radius 2 is 2.21 bits per heavy atom. The summed E-state index contributed by atoms with van der Waals surface area (Å²) < 4.78 is 0. The Morgan fingerprint density at radius 1 is 1.50 bits per heavy atom. The molecule has 1 aliphatic rings. The maximum Gasteiger partial charge on any atom is 0.268 e. The molecule has 1 aromatic heterocycles. The first-order chi connectivity index (χ1) is 6.77. The van der Waals surface area contributed by atoms with Crippen LogP contribution in [0.2, 0.25) is 0 Å². The molecule has 0 aromatic carbocycles. The van der Waals surface area contributed by atoms with E-state index >= 15 is 0 Å². The van der Waals surface area contributed by atoms with E-state index in [1.807, 2.05) is 6.07 Å². The van der Waals surface area contributed by atoms with E-state index in [9.17, 15) is 4.79 Å². The van der Waals surface area contributed by atoms with Crippen LogP contribution in [-0.2, 0) is 0 Å². The summed E-state index contributed by atoms with van der Waals surface area (Å²) in [6, 6.07) is 6.27. The zero-order valence-electron chi connectivity index (χ0n) is 7.86. The Hall–Kier alpha value is -1.58. The molecule has 0 unspecified atom stereocenters. The van der Waals surface area contributed by atoms with E-state index in [4.69, 9.17) is 5.73 Å². The predicted octanol–water partition coefficient (Wildman–Crippen LogP) is 0.581. The van der Waals surface area contributed by atoms with Gasteiger partial charge < -0.3 is 10.6 Å². The van der Waals surface area contributed by atoms with E-state index in [1.54, 1.807) is 6.07 Å². The molecule has 14 heavy (non-hydrogen) atoms. The second kappa shape index (κ2) is 3.65. The third-order valence-corrected chi connectivity index (χ3v) is 2.34. The molecule has 73 valence electrons. The molecule has 2 N–H and O–H groups in total. The number of carbonyl (C=O) groups is 1.